The summed E-state index contributed by atoms with van der Waals surface area (Å²) in [5, 5.41) is 8.64. The molecule has 0 aromatic carbocycles. The van der Waals surface area contributed by atoms with Crippen molar-refractivity contribution < 1.29 is 19.1 Å². The van der Waals surface area contributed by atoms with Crippen molar-refractivity contribution in [2.75, 3.05) is 0 Å². The first kappa shape index (κ1) is 16.6. The standard InChI is InChI=1S/C18H17NO4S2/c20-16(21)6-5-12-3-4-13(23-12)9-15-17(22)19(18(24)25-15)14-8-10-1-2-11(14)7-10/h3-6,9-11,14H,1-2,7-8H2,(H,20,21). The molecule has 0 spiro atoms. The van der Waals surface area contributed by atoms with Crippen LogP contribution in [0.5, 0.6) is 0 Å². The Bertz CT molecular complexity index is 810. The summed E-state index contributed by atoms with van der Waals surface area (Å²) in [7, 11) is 0. The topological polar surface area (TPSA) is 70.8 Å². The van der Waals surface area contributed by atoms with Crippen LogP contribution in [0.3, 0.4) is 0 Å². The summed E-state index contributed by atoms with van der Waals surface area (Å²) in [6.45, 7) is 0. The number of thiocarbonyl (C=S) groups is 1. The van der Waals surface area contributed by atoms with Crippen molar-refractivity contribution in [3.05, 3.63) is 34.6 Å². The Labute approximate surface area is 154 Å². The number of hydrogen-bond donors (Lipinski definition) is 1. The zero-order valence-electron chi connectivity index (χ0n) is 13.4. The van der Waals surface area contributed by atoms with Gasteiger partial charge in [-0.15, -0.1) is 0 Å². The third-order valence-electron chi connectivity index (χ3n) is 5.17. The molecule has 2 bridgehead atoms. The zero-order chi connectivity index (χ0) is 17.6. The molecule has 2 heterocycles. The number of carbonyl (C=O) groups is 2. The van der Waals surface area contributed by atoms with Gasteiger partial charge in [-0.2, -0.15) is 0 Å². The van der Waals surface area contributed by atoms with E-state index < -0.39 is 5.97 Å². The van der Waals surface area contributed by atoms with Gasteiger partial charge in [-0.3, -0.25) is 9.69 Å². The van der Waals surface area contributed by atoms with Crippen molar-refractivity contribution >= 4 is 52.3 Å². The maximum Gasteiger partial charge on any atom is 0.328 e. The molecule has 25 heavy (non-hydrogen) atoms. The summed E-state index contributed by atoms with van der Waals surface area (Å²) in [5.41, 5.74) is 0. The molecule has 1 amide bonds. The molecule has 5 nitrogen and oxygen atoms in total. The van der Waals surface area contributed by atoms with Crippen LogP contribution in [-0.2, 0) is 9.59 Å². The van der Waals surface area contributed by atoms with Gasteiger partial charge in [0, 0.05) is 18.2 Å². The first-order chi connectivity index (χ1) is 12.0. The molecule has 0 radical (unpaired) electrons. The minimum absolute atomic E-state index is 0.0356. The molecule has 130 valence electrons. The zero-order valence-corrected chi connectivity index (χ0v) is 15.0. The number of hydrogen-bond acceptors (Lipinski definition) is 5. The SMILES string of the molecule is O=C(O)C=Cc1ccc(C=C2SC(=S)N(C3CC4CCC3C4)C2=O)o1. The molecule has 3 aliphatic rings. The van der Waals surface area contributed by atoms with Crippen LogP contribution >= 0.6 is 24.0 Å². The average Bonchev–Trinajstić information content (AvgIpc) is 3.32. The molecule has 3 fully saturated rings. The number of carbonyl (C=O) groups excluding carboxylic acids is 1. The van der Waals surface area contributed by atoms with Crippen LogP contribution in [0.1, 0.15) is 37.2 Å². The molecule has 1 aliphatic heterocycles. The van der Waals surface area contributed by atoms with Gasteiger partial charge in [0.15, 0.2) is 0 Å². The average molecular weight is 375 g/mol. The van der Waals surface area contributed by atoms with Crippen molar-refractivity contribution in [2.24, 2.45) is 11.8 Å². The lowest BCUT2D eigenvalue weighted by atomic mass is 9.94. The van der Waals surface area contributed by atoms with Gasteiger partial charge in [0.1, 0.15) is 15.8 Å². The van der Waals surface area contributed by atoms with Gasteiger partial charge in [0.2, 0.25) is 0 Å². The van der Waals surface area contributed by atoms with Gasteiger partial charge in [0.05, 0.1) is 4.91 Å². The van der Waals surface area contributed by atoms with E-state index in [-0.39, 0.29) is 11.9 Å². The Morgan fingerprint density at radius 3 is 2.80 bits per heavy atom. The molecule has 7 heteroatoms. The summed E-state index contributed by atoms with van der Waals surface area (Å²) in [5.74, 6) is 1.20. The fourth-order valence-corrected chi connectivity index (χ4v) is 5.46. The third-order valence-corrected chi connectivity index (χ3v) is 6.50. The Balaban J connectivity index is 1.52. The van der Waals surface area contributed by atoms with Crippen molar-refractivity contribution in [1.82, 2.24) is 4.90 Å². The predicted octanol–water partition coefficient (Wildman–Crippen LogP) is 3.77. The first-order valence-electron chi connectivity index (χ1n) is 8.29. The van der Waals surface area contributed by atoms with Crippen molar-refractivity contribution in [1.29, 1.82) is 0 Å². The Morgan fingerprint density at radius 2 is 2.12 bits per heavy atom. The number of thioether (sulfide) groups is 1. The Hall–Kier alpha value is -1.86. The van der Waals surface area contributed by atoms with Crippen molar-refractivity contribution in [2.45, 2.75) is 31.7 Å². The van der Waals surface area contributed by atoms with Crippen LogP contribution in [0.2, 0.25) is 0 Å². The molecule has 2 aliphatic carbocycles. The summed E-state index contributed by atoms with van der Waals surface area (Å²) in [6, 6.07) is 3.64. The van der Waals surface area contributed by atoms with Gasteiger partial charge in [0.25, 0.3) is 5.91 Å². The van der Waals surface area contributed by atoms with Gasteiger partial charge >= 0.3 is 5.97 Å². The highest BCUT2D eigenvalue weighted by Gasteiger charge is 2.47. The lowest BCUT2D eigenvalue weighted by Gasteiger charge is -2.30. The predicted molar refractivity (Wildman–Crippen MR) is 99.6 cm³/mol. The number of nitrogens with zero attached hydrogens (tertiary/aromatic N) is 1. The summed E-state index contributed by atoms with van der Waals surface area (Å²) in [6.07, 6.45) is 8.84. The molecule has 1 N–H and O–H groups in total. The molecule has 3 atom stereocenters. The lowest BCUT2D eigenvalue weighted by molar-refractivity contribution is -0.131. The van der Waals surface area contributed by atoms with Gasteiger partial charge in [-0.25, -0.2) is 4.79 Å². The Kier molecular flexibility index (Phi) is 4.29. The fourth-order valence-electron chi connectivity index (χ4n) is 4.11. The normalized spacial score (nSPS) is 30.3. The first-order valence-corrected chi connectivity index (χ1v) is 9.51. The molecule has 1 saturated heterocycles. The molecular formula is C18H17NO4S2. The van der Waals surface area contributed by atoms with Gasteiger partial charge < -0.3 is 9.52 Å². The van der Waals surface area contributed by atoms with E-state index >= 15 is 0 Å². The van der Waals surface area contributed by atoms with Gasteiger partial charge in [-0.1, -0.05) is 30.4 Å². The van der Waals surface area contributed by atoms with E-state index in [2.05, 4.69) is 0 Å². The fraction of sp³-hybridized carbons (Fsp3) is 0.389. The smallest absolute Gasteiger partial charge is 0.328 e. The lowest BCUT2D eigenvalue weighted by Crippen LogP contribution is -2.41. The number of amides is 1. The second kappa shape index (κ2) is 6.46. The Morgan fingerprint density at radius 1 is 1.32 bits per heavy atom. The van der Waals surface area contributed by atoms with Crippen LogP contribution in [0.4, 0.5) is 0 Å². The highest BCUT2D eigenvalue weighted by Crippen LogP contribution is 2.49. The van der Waals surface area contributed by atoms with E-state index in [0.29, 0.717) is 26.7 Å². The highest BCUT2D eigenvalue weighted by molar-refractivity contribution is 8.26. The second-order valence-corrected chi connectivity index (χ2v) is 8.38. The van der Waals surface area contributed by atoms with Crippen molar-refractivity contribution in [3.8, 4) is 0 Å². The molecule has 3 unspecified atom stereocenters. The monoisotopic (exact) mass is 375 g/mol. The van der Waals surface area contributed by atoms with Crippen molar-refractivity contribution in [3.63, 3.8) is 0 Å². The van der Waals surface area contributed by atoms with Crippen LogP contribution in [0.15, 0.2) is 27.5 Å². The number of furan rings is 1. The molecule has 2 saturated carbocycles. The highest BCUT2D eigenvalue weighted by atomic mass is 32.2. The molecule has 1 aromatic heterocycles. The van der Waals surface area contributed by atoms with Gasteiger partial charge in [-0.05, 0) is 49.3 Å². The van der Waals surface area contributed by atoms with E-state index in [1.165, 1.54) is 37.1 Å². The molecule has 4 rings (SSSR count). The quantitative estimate of drug-likeness (QED) is 0.638. The second-order valence-electron chi connectivity index (χ2n) is 6.71. The maximum absolute atomic E-state index is 12.8. The van der Waals surface area contributed by atoms with E-state index in [1.54, 1.807) is 18.2 Å². The maximum atomic E-state index is 12.8. The largest absolute Gasteiger partial charge is 0.478 e. The van der Waals surface area contributed by atoms with Crippen LogP contribution in [-0.4, -0.2) is 32.2 Å². The number of carboxylic acid groups (broad SMARTS) is 1. The van der Waals surface area contributed by atoms with Crippen LogP contribution in [0, 0.1) is 11.8 Å². The van der Waals surface area contributed by atoms with E-state index in [9.17, 15) is 9.59 Å². The minimum Gasteiger partial charge on any atom is -0.478 e. The van der Waals surface area contributed by atoms with Crippen LogP contribution < -0.4 is 0 Å². The number of rotatable bonds is 4. The van der Waals surface area contributed by atoms with E-state index in [1.807, 2.05) is 4.90 Å². The number of fused-ring (bicyclic) bond motifs is 2. The molecule has 1 aromatic rings. The third kappa shape index (κ3) is 3.18. The summed E-state index contributed by atoms with van der Waals surface area (Å²) in [4.78, 5) is 25.7. The number of carboxylic acids is 1. The van der Waals surface area contributed by atoms with E-state index in [4.69, 9.17) is 21.7 Å². The number of aliphatic carboxylic acids is 1. The van der Waals surface area contributed by atoms with E-state index in [0.717, 1.165) is 18.4 Å². The summed E-state index contributed by atoms with van der Waals surface area (Å²) < 4.78 is 6.17. The minimum atomic E-state index is -1.04. The molecular weight excluding hydrogens is 358 g/mol. The summed E-state index contributed by atoms with van der Waals surface area (Å²) >= 11 is 6.77. The van der Waals surface area contributed by atoms with Crippen LogP contribution in [0.25, 0.3) is 12.2 Å².